The number of hydrogen-bond acceptors (Lipinski definition) is 6. The maximum absolute atomic E-state index is 10.5. The van der Waals surface area contributed by atoms with Crippen molar-refractivity contribution in [1.82, 2.24) is 10.2 Å². The van der Waals surface area contributed by atoms with E-state index in [9.17, 15) is 10.2 Å². The molecule has 0 aliphatic heterocycles. The minimum absolute atomic E-state index is 0.237. The van der Waals surface area contributed by atoms with Crippen molar-refractivity contribution in [3.8, 4) is 17.0 Å². The van der Waals surface area contributed by atoms with Crippen molar-refractivity contribution in [2.24, 2.45) is 0 Å². The number of aliphatic hydroxyl groups excluding tert-OH is 1. The predicted molar refractivity (Wildman–Crippen MR) is 89.4 cm³/mol. The summed E-state index contributed by atoms with van der Waals surface area (Å²) in [4.78, 5) is 0. The van der Waals surface area contributed by atoms with Crippen molar-refractivity contribution >= 4 is 27.2 Å². The average molecular weight is 315 g/mol. The van der Waals surface area contributed by atoms with E-state index in [1.165, 1.54) is 0 Å². The van der Waals surface area contributed by atoms with Gasteiger partial charge in [0.25, 0.3) is 0 Å². The lowest BCUT2D eigenvalue weighted by molar-refractivity contribution is 0.208. The minimum atomic E-state index is -0.452. The number of anilines is 1. The molecular weight excluding hydrogens is 298 g/mol. The summed E-state index contributed by atoms with van der Waals surface area (Å²) in [6, 6.07) is 7.62. The van der Waals surface area contributed by atoms with Crippen molar-refractivity contribution in [3.05, 3.63) is 35.2 Å². The maximum atomic E-state index is 10.5. The molecule has 3 aromatic rings. The fraction of sp³-hybridized carbons (Fsp3) is 0.250. The molecule has 0 bridgehead atoms. The Morgan fingerprint density at radius 1 is 1.27 bits per heavy atom. The Morgan fingerprint density at radius 3 is 2.82 bits per heavy atom. The molecule has 2 aromatic heterocycles. The lowest BCUT2D eigenvalue weighted by atomic mass is 10.0. The molecule has 5 nitrogen and oxygen atoms in total. The van der Waals surface area contributed by atoms with Gasteiger partial charge in [0.2, 0.25) is 0 Å². The largest absolute Gasteiger partial charge is 0.507 e. The van der Waals surface area contributed by atoms with E-state index in [4.69, 9.17) is 0 Å². The van der Waals surface area contributed by atoms with Crippen LogP contribution in [-0.2, 0) is 0 Å². The van der Waals surface area contributed by atoms with Crippen molar-refractivity contribution in [3.63, 3.8) is 0 Å². The molecule has 1 aromatic carbocycles. The predicted octanol–water partition coefficient (Wildman–Crippen LogP) is 3.17. The summed E-state index contributed by atoms with van der Waals surface area (Å²) < 4.78 is 1.04. The van der Waals surface area contributed by atoms with Crippen molar-refractivity contribution in [2.45, 2.75) is 20.0 Å². The molecular formula is C16H17N3O2S. The highest BCUT2D eigenvalue weighted by molar-refractivity contribution is 7.17. The SMILES string of the molecule is Cc1cc(NC[C@H](C)O)nnc1-c1ccc2sccc2c1O. The highest BCUT2D eigenvalue weighted by Crippen LogP contribution is 2.38. The average Bonchev–Trinajstić information content (AvgIpc) is 2.96. The summed E-state index contributed by atoms with van der Waals surface area (Å²) in [7, 11) is 0. The first-order valence-corrected chi connectivity index (χ1v) is 7.90. The Bertz CT molecular complexity index is 814. The van der Waals surface area contributed by atoms with Crippen LogP contribution in [0.15, 0.2) is 29.6 Å². The standard InChI is InChI=1S/C16H17N3O2S/c1-9-7-14(17-8-10(2)20)18-19-15(9)12-3-4-13-11(16(12)21)5-6-22-13/h3-7,10,20-21H,8H2,1-2H3,(H,17,18)/t10-/m0/s1. The van der Waals surface area contributed by atoms with Crippen LogP contribution >= 0.6 is 11.3 Å². The first-order chi connectivity index (χ1) is 10.6. The zero-order valence-corrected chi connectivity index (χ0v) is 13.2. The summed E-state index contributed by atoms with van der Waals surface area (Å²) in [5.41, 5.74) is 2.25. The molecule has 0 radical (unpaired) electrons. The molecule has 0 saturated carbocycles. The first kappa shape index (κ1) is 14.7. The van der Waals surface area contributed by atoms with Crippen molar-refractivity contribution < 1.29 is 10.2 Å². The number of thiophene rings is 1. The molecule has 1 atom stereocenters. The van der Waals surface area contributed by atoms with E-state index in [2.05, 4.69) is 15.5 Å². The summed E-state index contributed by atoms with van der Waals surface area (Å²) in [6.07, 6.45) is -0.452. The number of aromatic hydroxyl groups is 1. The molecule has 114 valence electrons. The Balaban J connectivity index is 1.98. The highest BCUT2D eigenvalue weighted by atomic mass is 32.1. The van der Waals surface area contributed by atoms with Gasteiger partial charge in [0.15, 0.2) is 0 Å². The minimum Gasteiger partial charge on any atom is -0.507 e. The summed E-state index contributed by atoms with van der Waals surface area (Å²) in [5.74, 6) is 0.846. The maximum Gasteiger partial charge on any atom is 0.149 e. The van der Waals surface area contributed by atoms with Gasteiger partial charge < -0.3 is 15.5 Å². The first-order valence-electron chi connectivity index (χ1n) is 7.02. The molecule has 0 saturated heterocycles. The number of phenols is 1. The summed E-state index contributed by atoms with van der Waals surface area (Å²) >= 11 is 1.59. The van der Waals surface area contributed by atoms with Gasteiger partial charge in [0, 0.05) is 22.2 Å². The molecule has 0 aliphatic rings. The number of benzene rings is 1. The van der Waals surface area contributed by atoms with Crippen LogP contribution in [0.3, 0.4) is 0 Å². The number of fused-ring (bicyclic) bond motifs is 1. The van der Waals surface area contributed by atoms with E-state index in [1.54, 1.807) is 18.3 Å². The van der Waals surface area contributed by atoms with Gasteiger partial charge in [0.05, 0.1) is 11.8 Å². The van der Waals surface area contributed by atoms with Crippen molar-refractivity contribution in [2.75, 3.05) is 11.9 Å². The number of rotatable bonds is 4. The third kappa shape index (κ3) is 2.75. The second-order valence-corrected chi connectivity index (χ2v) is 6.23. The van der Waals surface area contributed by atoms with Crippen LogP contribution in [0.2, 0.25) is 0 Å². The van der Waals surface area contributed by atoms with Crippen LogP contribution in [0.5, 0.6) is 5.75 Å². The van der Waals surface area contributed by atoms with Gasteiger partial charge in [-0.1, -0.05) is 0 Å². The van der Waals surface area contributed by atoms with E-state index in [0.29, 0.717) is 23.6 Å². The fourth-order valence-corrected chi connectivity index (χ4v) is 3.10. The number of aryl methyl sites for hydroxylation is 1. The van der Waals surface area contributed by atoms with E-state index in [-0.39, 0.29) is 5.75 Å². The number of nitrogens with zero attached hydrogens (tertiary/aromatic N) is 2. The lowest BCUT2D eigenvalue weighted by Gasteiger charge is -2.11. The zero-order chi connectivity index (χ0) is 15.7. The third-order valence-electron chi connectivity index (χ3n) is 3.42. The number of nitrogens with one attached hydrogen (secondary N) is 1. The Kier molecular flexibility index (Phi) is 3.96. The molecule has 0 fully saturated rings. The van der Waals surface area contributed by atoms with Crippen LogP contribution < -0.4 is 5.32 Å². The van der Waals surface area contributed by atoms with Gasteiger partial charge in [-0.2, -0.15) is 0 Å². The van der Waals surface area contributed by atoms with Gasteiger partial charge in [-0.3, -0.25) is 0 Å². The molecule has 22 heavy (non-hydrogen) atoms. The highest BCUT2D eigenvalue weighted by Gasteiger charge is 2.13. The number of hydrogen-bond donors (Lipinski definition) is 3. The van der Waals surface area contributed by atoms with Crippen LogP contribution in [-0.4, -0.2) is 33.1 Å². The van der Waals surface area contributed by atoms with E-state index in [1.807, 2.05) is 36.6 Å². The third-order valence-corrected chi connectivity index (χ3v) is 4.31. The molecule has 6 heteroatoms. The van der Waals surface area contributed by atoms with Crippen LogP contribution in [0, 0.1) is 6.92 Å². The van der Waals surface area contributed by atoms with Crippen LogP contribution in [0.25, 0.3) is 21.3 Å². The van der Waals surface area contributed by atoms with E-state index < -0.39 is 6.10 Å². The Morgan fingerprint density at radius 2 is 2.09 bits per heavy atom. The number of aromatic nitrogens is 2. The van der Waals surface area contributed by atoms with Gasteiger partial charge >= 0.3 is 0 Å². The van der Waals surface area contributed by atoms with Gasteiger partial charge in [-0.05, 0) is 49.1 Å². The molecule has 2 heterocycles. The van der Waals surface area contributed by atoms with E-state index in [0.717, 1.165) is 15.6 Å². The lowest BCUT2D eigenvalue weighted by Crippen LogP contribution is -2.16. The number of aliphatic hydroxyl groups is 1. The molecule has 0 amide bonds. The van der Waals surface area contributed by atoms with Crippen LogP contribution in [0.4, 0.5) is 5.82 Å². The molecule has 3 rings (SSSR count). The van der Waals surface area contributed by atoms with Crippen molar-refractivity contribution in [1.29, 1.82) is 0 Å². The van der Waals surface area contributed by atoms with E-state index >= 15 is 0 Å². The van der Waals surface area contributed by atoms with Crippen LogP contribution in [0.1, 0.15) is 12.5 Å². The Labute approximate surface area is 132 Å². The molecule has 0 spiro atoms. The smallest absolute Gasteiger partial charge is 0.149 e. The van der Waals surface area contributed by atoms with Gasteiger partial charge in [0.1, 0.15) is 11.6 Å². The monoisotopic (exact) mass is 315 g/mol. The second-order valence-electron chi connectivity index (χ2n) is 5.29. The Hall–Kier alpha value is -2.18. The molecule has 0 unspecified atom stereocenters. The van der Waals surface area contributed by atoms with Gasteiger partial charge in [-0.15, -0.1) is 21.5 Å². The second kappa shape index (κ2) is 5.90. The fourth-order valence-electron chi connectivity index (χ4n) is 2.31. The summed E-state index contributed by atoms with van der Waals surface area (Å²) in [5, 5.41) is 33.9. The topological polar surface area (TPSA) is 78.3 Å². The normalized spacial score (nSPS) is 12.5. The quantitative estimate of drug-likeness (QED) is 0.689. The van der Waals surface area contributed by atoms with Gasteiger partial charge in [-0.25, -0.2) is 0 Å². The molecule has 0 aliphatic carbocycles. The molecule has 3 N–H and O–H groups in total. The summed E-state index contributed by atoms with van der Waals surface area (Å²) in [6.45, 7) is 4.05. The number of phenolic OH excluding ortho intramolecular Hbond substituents is 1. The zero-order valence-electron chi connectivity index (χ0n) is 12.4.